The normalized spacial score (nSPS) is 14.9. The van der Waals surface area contributed by atoms with Gasteiger partial charge >= 0.3 is 12.4 Å². The van der Waals surface area contributed by atoms with Gasteiger partial charge in [-0.3, -0.25) is 0 Å². The van der Waals surface area contributed by atoms with Gasteiger partial charge in [0.1, 0.15) is 0 Å². The van der Waals surface area contributed by atoms with Gasteiger partial charge in [0.2, 0.25) is 0 Å². The highest BCUT2D eigenvalue weighted by Gasteiger charge is 2.57. The molecule has 0 spiro atoms. The first-order valence-corrected chi connectivity index (χ1v) is 9.18. The molecule has 0 bridgehead atoms. The first kappa shape index (κ1) is 25.2. The van der Waals surface area contributed by atoms with Gasteiger partial charge in [0.05, 0.1) is 0 Å². The quantitative estimate of drug-likeness (QED) is 0.299. The Kier molecular flexibility index (Phi) is 8.96. The molecular weight excluding hydrogens is 406 g/mol. The van der Waals surface area contributed by atoms with E-state index in [-0.39, 0.29) is 11.5 Å². The van der Waals surface area contributed by atoms with E-state index in [9.17, 15) is 35.1 Å². The van der Waals surface area contributed by atoms with Crippen molar-refractivity contribution in [3.8, 4) is 0 Å². The maximum absolute atomic E-state index is 13.5. The molecule has 0 aliphatic carbocycles. The predicted molar refractivity (Wildman–Crippen MR) is 95.9 cm³/mol. The fourth-order valence-corrected chi connectivity index (χ4v) is 3.48. The van der Waals surface area contributed by atoms with Crippen molar-refractivity contribution in [2.75, 3.05) is 6.54 Å². The van der Waals surface area contributed by atoms with Crippen LogP contribution in [0.4, 0.5) is 35.1 Å². The lowest BCUT2D eigenvalue weighted by atomic mass is 9.84. The van der Waals surface area contributed by atoms with Gasteiger partial charge in [-0.2, -0.15) is 26.3 Å². The van der Waals surface area contributed by atoms with E-state index in [1.54, 1.807) is 13.1 Å². The van der Waals surface area contributed by atoms with Gasteiger partial charge in [-0.15, -0.1) is 0 Å². The molecule has 2 atom stereocenters. The average Bonchev–Trinajstić information content (AvgIpc) is 2.56. The van der Waals surface area contributed by atoms with Crippen molar-refractivity contribution in [3.05, 3.63) is 47.7 Å². The largest absolute Gasteiger partial charge is 0.404 e. The Morgan fingerprint density at radius 2 is 1.59 bits per heavy atom. The lowest BCUT2D eigenvalue weighted by Gasteiger charge is -2.26. The van der Waals surface area contributed by atoms with Crippen LogP contribution in [0.3, 0.4) is 0 Å². The van der Waals surface area contributed by atoms with Crippen LogP contribution >= 0.6 is 0 Å². The molecule has 0 saturated heterocycles. The lowest BCUT2D eigenvalue weighted by molar-refractivity contribution is -0.253. The van der Waals surface area contributed by atoms with Crippen LogP contribution in [-0.4, -0.2) is 18.9 Å². The van der Waals surface area contributed by atoms with Crippen molar-refractivity contribution in [3.63, 3.8) is 0 Å². The molecule has 0 radical (unpaired) electrons. The van der Waals surface area contributed by atoms with Crippen molar-refractivity contribution < 1.29 is 35.1 Å². The Balaban J connectivity index is 3.10. The van der Waals surface area contributed by atoms with E-state index in [0.717, 1.165) is 18.9 Å². The standard InChI is InChI=1S/C20H25F8N/c1-4-29-9-5-6-12(2)10-13(3)15-8-7-14(11-16(15)18(21)22)17(19(23,24)25)20(26,27)28/h4,7-8,11-13,17-18,29H,1,5-6,9-10H2,2-3H3. The second-order valence-corrected chi connectivity index (χ2v) is 7.25. The Hall–Kier alpha value is -1.80. The van der Waals surface area contributed by atoms with E-state index >= 15 is 0 Å². The third-order valence-electron chi connectivity index (χ3n) is 4.78. The predicted octanol–water partition coefficient (Wildman–Crippen LogP) is 7.48. The molecule has 0 fully saturated rings. The zero-order valence-electron chi connectivity index (χ0n) is 16.2. The minimum Gasteiger partial charge on any atom is -0.391 e. The highest BCUT2D eigenvalue weighted by Crippen LogP contribution is 2.47. The third-order valence-corrected chi connectivity index (χ3v) is 4.78. The van der Waals surface area contributed by atoms with E-state index in [4.69, 9.17) is 0 Å². The second kappa shape index (κ2) is 10.3. The van der Waals surface area contributed by atoms with Crippen LogP contribution in [0.15, 0.2) is 31.0 Å². The zero-order valence-corrected chi connectivity index (χ0v) is 16.2. The molecule has 0 amide bonds. The molecule has 0 aromatic heterocycles. The highest BCUT2D eigenvalue weighted by atomic mass is 19.4. The van der Waals surface area contributed by atoms with Crippen molar-refractivity contribution in [2.45, 2.75) is 63.7 Å². The molecule has 166 valence electrons. The van der Waals surface area contributed by atoms with Crippen LogP contribution in [0.2, 0.25) is 0 Å². The molecule has 0 aliphatic heterocycles. The lowest BCUT2D eigenvalue weighted by Crippen LogP contribution is -2.34. The topological polar surface area (TPSA) is 12.0 Å². The van der Waals surface area contributed by atoms with Gasteiger partial charge in [0.25, 0.3) is 6.43 Å². The molecule has 2 unspecified atom stereocenters. The average molecular weight is 431 g/mol. The molecule has 0 saturated carbocycles. The summed E-state index contributed by atoms with van der Waals surface area (Å²) >= 11 is 0. The fraction of sp³-hybridized carbons (Fsp3) is 0.600. The smallest absolute Gasteiger partial charge is 0.391 e. The van der Waals surface area contributed by atoms with Crippen molar-refractivity contribution >= 4 is 0 Å². The van der Waals surface area contributed by atoms with E-state index in [1.165, 1.54) is 0 Å². The number of rotatable bonds is 10. The first-order chi connectivity index (χ1) is 13.3. The number of hydrogen-bond acceptors (Lipinski definition) is 1. The summed E-state index contributed by atoms with van der Waals surface area (Å²) in [7, 11) is 0. The van der Waals surface area contributed by atoms with Crippen LogP contribution in [0.25, 0.3) is 0 Å². The molecule has 9 heteroatoms. The van der Waals surface area contributed by atoms with E-state index in [2.05, 4.69) is 11.9 Å². The SMILES string of the molecule is C=CNCCCC(C)CC(C)c1ccc(C(C(F)(F)F)C(F)(F)F)cc1C(F)F. The molecule has 1 nitrogen and oxygen atoms in total. The fourth-order valence-electron chi connectivity index (χ4n) is 3.48. The minimum absolute atomic E-state index is 0.0721. The molecule has 1 aromatic rings. The number of hydrogen-bond donors (Lipinski definition) is 1. The van der Waals surface area contributed by atoms with Crippen LogP contribution in [0.5, 0.6) is 0 Å². The van der Waals surface area contributed by atoms with Gasteiger partial charge in [-0.05, 0) is 54.5 Å². The first-order valence-electron chi connectivity index (χ1n) is 9.18. The summed E-state index contributed by atoms with van der Waals surface area (Å²) in [6, 6.07) is 1.97. The summed E-state index contributed by atoms with van der Waals surface area (Å²) in [6.07, 6.45) is -10.8. The Morgan fingerprint density at radius 1 is 1.00 bits per heavy atom. The molecular formula is C20H25F8N. The number of alkyl halides is 8. The monoisotopic (exact) mass is 431 g/mol. The zero-order chi connectivity index (χ0) is 22.4. The number of benzene rings is 1. The molecule has 0 heterocycles. The van der Waals surface area contributed by atoms with Gasteiger partial charge in [0, 0.05) is 12.1 Å². The highest BCUT2D eigenvalue weighted by molar-refractivity contribution is 5.38. The van der Waals surface area contributed by atoms with Crippen LogP contribution in [-0.2, 0) is 0 Å². The Labute approximate surface area is 165 Å². The van der Waals surface area contributed by atoms with E-state index < -0.39 is 41.7 Å². The Morgan fingerprint density at radius 3 is 2.07 bits per heavy atom. The van der Waals surface area contributed by atoms with Crippen LogP contribution in [0, 0.1) is 5.92 Å². The third kappa shape index (κ3) is 7.51. The molecule has 1 N–H and O–H groups in total. The number of halogens is 8. The summed E-state index contributed by atoms with van der Waals surface area (Å²) in [4.78, 5) is 0. The van der Waals surface area contributed by atoms with Crippen molar-refractivity contribution in [1.29, 1.82) is 0 Å². The summed E-state index contributed by atoms with van der Waals surface area (Å²) in [5.74, 6) is -4.10. The molecule has 29 heavy (non-hydrogen) atoms. The van der Waals surface area contributed by atoms with E-state index in [1.807, 2.05) is 6.92 Å². The van der Waals surface area contributed by atoms with Gasteiger partial charge < -0.3 is 5.32 Å². The van der Waals surface area contributed by atoms with Gasteiger partial charge in [-0.25, -0.2) is 8.78 Å². The molecule has 1 rings (SSSR count). The maximum Gasteiger partial charge on any atom is 0.404 e. The summed E-state index contributed by atoms with van der Waals surface area (Å²) < 4.78 is 104. The minimum atomic E-state index is -5.63. The van der Waals surface area contributed by atoms with Gasteiger partial charge in [-0.1, -0.05) is 32.6 Å². The van der Waals surface area contributed by atoms with Crippen molar-refractivity contribution in [2.24, 2.45) is 5.92 Å². The van der Waals surface area contributed by atoms with Crippen LogP contribution < -0.4 is 5.32 Å². The van der Waals surface area contributed by atoms with Gasteiger partial charge in [0.15, 0.2) is 5.92 Å². The molecule has 0 aliphatic rings. The maximum atomic E-state index is 13.5. The number of nitrogens with one attached hydrogen (secondary N) is 1. The summed E-state index contributed by atoms with van der Waals surface area (Å²) in [5, 5.41) is 2.93. The van der Waals surface area contributed by atoms with Crippen LogP contribution in [0.1, 0.15) is 68.1 Å². The van der Waals surface area contributed by atoms with Crippen molar-refractivity contribution in [1.82, 2.24) is 5.32 Å². The Bertz CT molecular complexity index is 637. The summed E-state index contributed by atoms with van der Waals surface area (Å²) in [6.45, 7) is 7.79. The second-order valence-electron chi connectivity index (χ2n) is 7.25. The van der Waals surface area contributed by atoms with E-state index in [0.29, 0.717) is 25.1 Å². The molecule has 1 aromatic carbocycles. The summed E-state index contributed by atoms with van der Waals surface area (Å²) in [5.41, 5.74) is -1.93.